The van der Waals surface area contributed by atoms with Gasteiger partial charge in [0.05, 0.1) is 16.7 Å². The molecule has 0 aliphatic heterocycles. The Morgan fingerprint density at radius 1 is 0.654 bits per heavy atom. The summed E-state index contributed by atoms with van der Waals surface area (Å²) >= 11 is 0. The highest BCUT2D eigenvalue weighted by molar-refractivity contribution is 6.10. The number of pyridine rings is 1. The summed E-state index contributed by atoms with van der Waals surface area (Å²) in [4.78, 5) is 4.69. The molecular weight excluding hydrogens is 316 g/mol. The van der Waals surface area contributed by atoms with Crippen LogP contribution < -0.4 is 0 Å². The summed E-state index contributed by atoms with van der Waals surface area (Å²) in [7, 11) is 0. The molecule has 0 saturated carbocycles. The van der Waals surface area contributed by atoms with Crippen LogP contribution in [0.3, 0.4) is 0 Å². The van der Waals surface area contributed by atoms with Gasteiger partial charge in [-0.1, -0.05) is 48.5 Å². The van der Waals surface area contributed by atoms with Gasteiger partial charge in [-0.25, -0.2) is 0 Å². The molecule has 0 amide bonds. The van der Waals surface area contributed by atoms with Crippen LogP contribution >= 0.6 is 0 Å². The minimum absolute atomic E-state index is 1.02. The first-order valence-corrected chi connectivity index (χ1v) is 8.84. The fraction of sp³-hybridized carbons (Fsp3) is 0.0417. The monoisotopic (exact) mass is 334 g/mol. The van der Waals surface area contributed by atoms with Crippen LogP contribution in [-0.2, 0) is 0 Å². The summed E-state index contributed by atoms with van der Waals surface area (Å²) in [6.45, 7) is 2.03. The van der Waals surface area contributed by atoms with Crippen molar-refractivity contribution in [3.8, 4) is 16.9 Å². The van der Waals surface area contributed by atoms with E-state index in [1.807, 2.05) is 13.0 Å². The molecule has 2 heteroatoms. The van der Waals surface area contributed by atoms with Crippen LogP contribution in [0.2, 0.25) is 0 Å². The van der Waals surface area contributed by atoms with Crippen molar-refractivity contribution in [3.63, 3.8) is 0 Å². The Kier molecular flexibility index (Phi) is 3.36. The maximum absolute atomic E-state index is 4.69. The van der Waals surface area contributed by atoms with Crippen LogP contribution in [0, 0.1) is 6.92 Å². The quantitative estimate of drug-likeness (QED) is 0.378. The topological polar surface area (TPSA) is 17.8 Å². The Labute approximate surface area is 152 Å². The lowest BCUT2D eigenvalue weighted by Gasteiger charge is -2.08. The zero-order valence-electron chi connectivity index (χ0n) is 14.6. The standard InChI is InChI=1S/C24H18N2/c1-17-8-7-12-22(25-17)18-14-15-24-21(16-18)20-11-5-6-13-23(20)26(24)19-9-3-2-4-10-19/h2-16H,1H3. The summed E-state index contributed by atoms with van der Waals surface area (Å²) < 4.78 is 2.33. The molecule has 2 heterocycles. The second-order valence-electron chi connectivity index (χ2n) is 6.58. The van der Waals surface area contributed by atoms with Gasteiger partial charge in [0, 0.05) is 27.7 Å². The summed E-state index contributed by atoms with van der Waals surface area (Å²) in [5, 5.41) is 2.52. The number of benzene rings is 3. The van der Waals surface area contributed by atoms with Gasteiger partial charge in [0.2, 0.25) is 0 Å². The molecule has 0 bridgehead atoms. The highest BCUT2D eigenvalue weighted by Gasteiger charge is 2.13. The molecule has 5 aromatic rings. The number of para-hydroxylation sites is 2. The number of fused-ring (bicyclic) bond motifs is 3. The van der Waals surface area contributed by atoms with Crippen LogP contribution in [-0.4, -0.2) is 9.55 Å². The summed E-state index contributed by atoms with van der Waals surface area (Å²) in [5.41, 5.74) is 6.83. The lowest BCUT2D eigenvalue weighted by Crippen LogP contribution is -1.93. The van der Waals surface area contributed by atoms with Gasteiger partial charge in [-0.05, 0) is 49.4 Å². The summed E-state index contributed by atoms with van der Waals surface area (Å²) in [6.07, 6.45) is 0. The van der Waals surface area contributed by atoms with Crippen LogP contribution in [0.4, 0.5) is 0 Å². The molecule has 0 radical (unpaired) electrons. The SMILES string of the molecule is Cc1cccc(-c2ccc3c(c2)c2ccccc2n3-c2ccccc2)n1. The minimum Gasteiger partial charge on any atom is -0.309 e. The van der Waals surface area contributed by atoms with Gasteiger partial charge in [-0.15, -0.1) is 0 Å². The lowest BCUT2D eigenvalue weighted by atomic mass is 10.1. The Hall–Kier alpha value is -3.39. The molecule has 0 N–H and O–H groups in total. The Morgan fingerprint density at radius 3 is 2.27 bits per heavy atom. The molecular formula is C24H18N2. The van der Waals surface area contributed by atoms with Crippen LogP contribution in [0.15, 0.2) is 91.0 Å². The van der Waals surface area contributed by atoms with E-state index in [1.54, 1.807) is 0 Å². The van der Waals surface area contributed by atoms with Crippen molar-refractivity contribution >= 4 is 21.8 Å². The molecule has 26 heavy (non-hydrogen) atoms. The van der Waals surface area contributed by atoms with E-state index >= 15 is 0 Å². The predicted molar refractivity (Wildman–Crippen MR) is 109 cm³/mol. The van der Waals surface area contributed by atoms with Gasteiger partial charge in [0.15, 0.2) is 0 Å². The highest BCUT2D eigenvalue weighted by atomic mass is 15.0. The molecule has 5 rings (SSSR count). The largest absolute Gasteiger partial charge is 0.309 e. The van der Waals surface area contributed by atoms with E-state index in [4.69, 9.17) is 0 Å². The smallest absolute Gasteiger partial charge is 0.0705 e. The third kappa shape index (κ3) is 2.31. The molecule has 0 aliphatic rings. The molecule has 2 aromatic heterocycles. The van der Waals surface area contributed by atoms with Crippen molar-refractivity contribution in [1.82, 2.24) is 9.55 Å². The van der Waals surface area contributed by atoms with Crippen molar-refractivity contribution in [2.75, 3.05) is 0 Å². The average molecular weight is 334 g/mol. The molecule has 0 spiro atoms. The van der Waals surface area contributed by atoms with E-state index in [2.05, 4.69) is 94.5 Å². The molecule has 2 nitrogen and oxygen atoms in total. The number of nitrogens with zero attached hydrogens (tertiary/aromatic N) is 2. The zero-order valence-corrected chi connectivity index (χ0v) is 14.6. The second-order valence-corrected chi connectivity index (χ2v) is 6.58. The Morgan fingerprint density at radius 2 is 1.42 bits per heavy atom. The van der Waals surface area contributed by atoms with E-state index in [9.17, 15) is 0 Å². The van der Waals surface area contributed by atoms with Gasteiger partial charge in [0.1, 0.15) is 0 Å². The number of hydrogen-bond donors (Lipinski definition) is 0. The first-order chi connectivity index (χ1) is 12.8. The van der Waals surface area contributed by atoms with Crippen molar-refractivity contribution in [3.05, 3.63) is 96.7 Å². The maximum atomic E-state index is 4.69. The van der Waals surface area contributed by atoms with Crippen molar-refractivity contribution in [2.45, 2.75) is 6.92 Å². The summed E-state index contributed by atoms with van der Waals surface area (Å²) in [6, 6.07) is 31.9. The molecule has 0 fully saturated rings. The zero-order chi connectivity index (χ0) is 17.5. The highest BCUT2D eigenvalue weighted by Crippen LogP contribution is 2.34. The van der Waals surface area contributed by atoms with Crippen molar-refractivity contribution < 1.29 is 0 Å². The number of rotatable bonds is 2. The first kappa shape index (κ1) is 14.9. The van der Waals surface area contributed by atoms with Gasteiger partial charge in [0.25, 0.3) is 0 Å². The van der Waals surface area contributed by atoms with Gasteiger partial charge >= 0.3 is 0 Å². The second kappa shape index (κ2) is 5.85. The predicted octanol–water partition coefficient (Wildman–Crippen LogP) is 6.15. The fourth-order valence-electron chi connectivity index (χ4n) is 3.69. The molecule has 0 aliphatic carbocycles. The molecule has 124 valence electrons. The number of hydrogen-bond acceptors (Lipinski definition) is 1. The number of aromatic nitrogens is 2. The third-order valence-corrected chi connectivity index (χ3v) is 4.87. The fourth-order valence-corrected chi connectivity index (χ4v) is 3.69. The molecule has 0 saturated heterocycles. The van der Waals surface area contributed by atoms with Crippen molar-refractivity contribution in [1.29, 1.82) is 0 Å². The number of aryl methyl sites for hydroxylation is 1. The van der Waals surface area contributed by atoms with Crippen LogP contribution in [0.1, 0.15) is 5.69 Å². The van der Waals surface area contributed by atoms with E-state index in [0.29, 0.717) is 0 Å². The van der Waals surface area contributed by atoms with Crippen molar-refractivity contribution in [2.24, 2.45) is 0 Å². The van der Waals surface area contributed by atoms with Gasteiger partial charge in [-0.2, -0.15) is 0 Å². The van der Waals surface area contributed by atoms with E-state index in [1.165, 1.54) is 27.5 Å². The van der Waals surface area contributed by atoms with E-state index in [0.717, 1.165) is 17.0 Å². The minimum atomic E-state index is 1.02. The van der Waals surface area contributed by atoms with E-state index in [-0.39, 0.29) is 0 Å². The first-order valence-electron chi connectivity index (χ1n) is 8.84. The normalized spacial score (nSPS) is 11.3. The third-order valence-electron chi connectivity index (χ3n) is 4.87. The molecule has 0 atom stereocenters. The Balaban J connectivity index is 1.84. The van der Waals surface area contributed by atoms with Gasteiger partial charge < -0.3 is 4.57 Å². The maximum Gasteiger partial charge on any atom is 0.0705 e. The van der Waals surface area contributed by atoms with E-state index < -0.39 is 0 Å². The van der Waals surface area contributed by atoms with Crippen LogP contribution in [0.25, 0.3) is 38.8 Å². The van der Waals surface area contributed by atoms with Crippen LogP contribution in [0.5, 0.6) is 0 Å². The molecule has 0 unspecified atom stereocenters. The lowest BCUT2D eigenvalue weighted by molar-refractivity contribution is 1.18. The summed E-state index contributed by atoms with van der Waals surface area (Å²) in [5.74, 6) is 0. The molecule has 3 aromatic carbocycles. The Bertz CT molecular complexity index is 1230. The average Bonchev–Trinajstić information content (AvgIpc) is 3.02. The van der Waals surface area contributed by atoms with Gasteiger partial charge in [-0.3, -0.25) is 4.98 Å².